The molecule has 3 heterocycles. The summed E-state index contributed by atoms with van der Waals surface area (Å²) in [7, 11) is 1.15. The van der Waals surface area contributed by atoms with E-state index < -0.39 is 46.0 Å². The molecule has 0 saturated carbocycles. The van der Waals surface area contributed by atoms with Crippen LogP contribution in [0.25, 0.3) is 11.3 Å². The maximum absolute atomic E-state index is 14.6. The lowest BCUT2D eigenvalue weighted by molar-refractivity contribution is 0.218. The maximum Gasteiger partial charge on any atom is 0.228 e. The Morgan fingerprint density at radius 1 is 1.18 bits per heavy atom. The summed E-state index contributed by atoms with van der Waals surface area (Å²) in [4.78, 5) is 12.3. The minimum Gasteiger partial charge on any atom is -0.435 e. The molecule has 1 aromatic carbocycles. The van der Waals surface area contributed by atoms with Gasteiger partial charge in [-0.05, 0) is 37.6 Å². The fraction of sp³-hybridized carbons (Fsp3) is 0.375. The standard InChI is InChI=1S/C19H18F3N5O3S.C5H10FN/c1-23-19-25-7-5-13(26-19)11-4-3-6-24-18(11)30-14-10-12(20)17(16(22)15(14)21)27-31(28)9-8-29-2;6-5-2-1-3-7-4-5/h3-7,10,27H,8-9H2,1-2H3,(H,23,25,26);5,7H,1-4H2. The summed E-state index contributed by atoms with van der Waals surface area (Å²) in [6.07, 6.45) is 4.05. The summed E-state index contributed by atoms with van der Waals surface area (Å²) in [5.74, 6) is -4.79. The number of halogens is 4. The fourth-order valence-corrected chi connectivity index (χ4v) is 4.11. The van der Waals surface area contributed by atoms with Crippen molar-refractivity contribution >= 4 is 22.6 Å². The highest BCUT2D eigenvalue weighted by Gasteiger charge is 2.23. The van der Waals surface area contributed by atoms with Crippen LogP contribution in [0.4, 0.5) is 29.2 Å². The minimum atomic E-state index is -1.87. The number of rotatable bonds is 9. The van der Waals surface area contributed by atoms with Crippen molar-refractivity contribution in [2.75, 3.05) is 49.6 Å². The van der Waals surface area contributed by atoms with Crippen molar-refractivity contribution in [3.05, 3.63) is 54.1 Å². The van der Waals surface area contributed by atoms with E-state index in [1.165, 1.54) is 19.5 Å². The number of nitrogens with zero attached hydrogens (tertiary/aromatic N) is 3. The summed E-state index contributed by atoms with van der Waals surface area (Å²) >= 11 is 0. The summed E-state index contributed by atoms with van der Waals surface area (Å²) in [5.41, 5.74) is -0.116. The quantitative estimate of drug-likeness (QED) is 0.266. The van der Waals surface area contributed by atoms with Gasteiger partial charge in [0.15, 0.2) is 17.4 Å². The fourth-order valence-electron chi connectivity index (χ4n) is 3.27. The van der Waals surface area contributed by atoms with E-state index in [2.05, 4.69) is 30.3 Å². The van der Waals surface area contributed by atoms with Gasteiger partial charge in [-0.3, -0.25) is 4.72 Å². The van der Waals surface area contributed by atoms with E-state index in [1.54, 1.807) is 25.2 Å². The summed E-state index contributed by atoms with van der Waals surface area (Å²) < 4.78 is 79.7. The highest BCUT2D eigenvalue weighted by Crippen LogP contribution is 2.35. The molecule has 2 aromatic heterocycles. The Morgan fingerprint density at radius 2 is 2.00 bits per heavy atom. The van der Waals surface area contributed by atoms with Crippen LogP contribution in [-0.2, 0) is 15.7 Å². The molecule has 0 radical (unpaired) electrons. The highest BCUT2D eigenvalue weighted by molar-refractivity contribution is 7.86. The Morgan fingerprint density at radius 3 is 2.66 bits per heavy atom. The number of benzene rings is 1. The first-order chi connectivity index (χ1) is 18.3. The minimum absolute atomic E-state index is 0.0416. The molecule has 2 unspecified atom stereocenters. The largest absolute Gasteiger partial charge is 0.435 e. The number of pyridine rings is 1. The average molecular weight is 557 g/mol. The van der Waals surface area contributed by atoms with Gasteiger partial charge < -0.3 is 20.1 Å². The Bertz CT molecular complexity index is 1230. The summed E-state index contributed by atoms with van der Waals surface area (Å²) in [6, 6.07) is 5.42. The monoisotopic (exact) mass is 556 g/mol. The van der Waals surface area contributed by atoms with Gasteiger partial charge in [-0.1, -0.05) is 0 Å². The first-order valence-corrected chi connectivity index (χ1v) is 13.0. The SMILES string of the molecule is CNc1nccc(-c2cccnc2Oc2cc(F)c(NS(=O)CCOC)c(F)c2F)n1.FC1CCCNC1. The van der Waals surface area contributed by atoms with Gasteiger partial charge in [-0.25, -0.2) is 32.3 Å². The lowest BCUT2D eigenvalue weighted by atomic mass is 10.1. The molecule has 38 heavy (non-hydrogen) atoms. The lowest BCUT2D eigenvalue weighted by Crippen LogP contribution is -2.30. The van der Waals surface area contributed by atoms with Crippen LogP contribution in [-0.4, -0.2) is 64.9 Å². The van der Waals surface area contributed by atoms with Gasteiger partial charge in [-0.15, -0.1) is 0 Å². The molecule has 206 valence electrons. The zero-order valence-electron chi connectivity index (χ0n) is 20.8. The number of aromatic nitrogens is 3. The molecule has 0 amide bonds. The van der Waals surface area contributed by atoms with E-state index in [0.29, 0.717) is 29.8 Å². The number of methoxy groups -OCH3 is 1. The van der Waals surface area contributed by atoms with Gasteiger partial charge in [0.2, 0.25) is 17.6 Å². The van der Waals surface area contributed by atoms with E-state index in [4.69, 9.17) is 9.47 Å². The van der Waals surface area contributed by atoms with E-state index in [-0.39, 0.29) is 18.2 Å². The highest BCUT2D eigenvalue weighted by atomic mass is 32.2. The maximum atomic E-state index is 14.6. The number of nitrogens with one attached hydrogen (secondary N) is 3. The van der Waals surface area contributed by atoms with Crippen LogP contribution in [0, 0.1) is 17.5 Å². The molecule has 14 heteroatoms. The van der Waals surface area contributed by atoms with Gasteiger partial charge >= 0.3 is 0 Å². The molecule has 1 fully saturated rings. The first kappa shape index (κ1) is 29.2. The number of hydrogen-bond acceptors (Lipinski definition) is 8. The predicted octanol–water partition coefficient (Wildman–Crippen LogP) is 4.22. The molecular weight excluding hydrogens is 528 g/mol. The molecule has 3 N–H and O–H groups in total. The van der Waals surface area contributed by atoms with E-state index >= 15 is 0 Å². The van der Waals surface area contributed by atoms with Crippen molar-refractivity contribution in [3.8, 4) is 22.9 Å². The van der Waals surface area contributed by atoms with Crippen LogP contribution < -0.4 is 20.1 Å². The van der Waals surface area contributed by atoms with Gasteiger partial charge in [0.1, 0.15) is 22.8 Å². The number of piperidine rings is 1. The van der Waals surface area contributed by atoms with Crippen LogP contribution >= 0.6 is 0 Å². The van der Waals surface area contributed by atoms with Crippen molar-refractivity contribution in [1.29, 1.82) is 0 Å². The second kappa shape index (κ2) is 14.5. The molecule has 3 aromatic rings. The summed E-state index contributed by atoms with van der Waals surface area (Å²) in [6.45, 7) is 1.66. The van der Waals surface area contributed by atoms with Crippen molar-refractivity contribution in [3.63, 3.8) is 0 Å². The zero-order chi connectivity index (χ0) is 27.5. The molecule has 0 aliphatic carbocycles. The van der Waals surface area contributed by atoms with Gasteiger partial charge in [-0.2, -0.15) is 4.39 Å². The van der Waals surface area contributed by atoms with E-state index in [1.807, 2.05) is 0 Å². The molecule has 0 bridgehead atoms. The molecule has 9 nitrogen and oxygen atoms in total. The van der Waals surface area contributed by atoms with E-state index in [9.17, 15) is 21.8 Å². The molecule has 2 atom stereocenters. The van der Waals surface area contributed by atoms with Gasteiger partial charge in [0, 0.05) is 39.2 Å². The van der Waals surface area contributed by atoms with Crippen LogP contribution in [0.1, 0.15) is 12.8 Å². The second-order valence-corrected chi connectivity index (χ2v) is 9.22. The normalized spacial score (nSPS) is 15.7. The number of alkyl halides is 1. The molecule has 1 aliphatic heterocycles. The van der Waals surface area contributed by atoms with E-state index in [0.717, 1.165) is 19.4 Å². The molecule has 1 aliphatic rings. The number of hydrogen-bond donors (Lipinski definition) is 3. The molecular formula is C24H28F4N6O3S. The smallest absolute Gasteiger partial charge is 0.228 e. The van der Waals surface area contributed by atoms with Crippen molar-refractivity contribution < 1.29 is 31.2 Å². The second-order valence-electron chi connectivity index (χ2n) is 7.92. The van der Waals surface area contributed by atoms with Crippen molar-refractivity contribution in [2.24, 2.45) is 0 Å². The average Bonchev–Trinajstić information content (AvgIpc) is 2.94. The summed E-state index contributed by atoms with van der Waals surface area (Å²) in [5, 5.41) is 5.74. The van der Waals surface area contributed by atoms with Crippen molar-refractivity contribution in [2.45, 2.75) is 19.0 Å². The number of anilines is 2. The lowest BCUT2D eigenvalue weighted by Gasteiger charge is -2.14. The first-order valence-electron chi connectivity index (χ1n) is 11.6. The number of ether oxygens (including phenoxy) is 2. The zero-order valence-corrected chi connectivity index (χ0v) is 21.6. The Labute approximate surface area is 220 Å². The molecule has 4 rings (SSSR count). The Balaban J connectivity index is 0.000000494. The third kappa shape index (κ3) is 8.07. The Kier molecular flexibility index (Phi) is 11.2. The third-order valence-corrected chi connectivity index (χ3v) is 6.15. The molecule has 1 saturated heterocycles. The topological polar surface area (TPSA) is 110 Å². The van der Waals surface area contributed by atoms with Crippen LogP contribution in [0.5, 0.6) is 11.6 Å². The van der Waals surface area contributed by atoms with Gasteiger partial charge in [0.05, 0.1) is 23.6 Å². The van der Waals surface area contributed by atoms with Crippen molar-refractivity contribution in [1.82, 2.24) is 20.3 Å². The molecule has 0 spiro atoms. The predicted molar refractivity (Wildman–Crippen MR) is 137 cm³/mol. The third-order valence-electron chi connectivity index (χ3n) is 5.18. The van der Waals surface area contributed by atoms with Crippen LogP contribution in [0.3, 0.4) is 0 Å². The Hall–Kier alpha value is -3.36. The van der Waals surface area contributed by atoms with Gasteiger partial charge in [0.25, 0.3) is 0 Å². The van der Waals surface area contributed by atoms with Crippen LogP contribution in [0.2, 0.25) is 0 Å². The van der Waals surface area contributed by atoms with Crippen LogP contribution in [0.15, 0.2) is 36.7 Å².